The van der Waals surface area contributed by atoms with Crippen molar-refractivity contribution < 1.29 is 4.74 Å². The van der Waals surface area contributed by atoms with E-state index in [-0.39, 0.29) is 0 Å². The molecule has 19 heavy (non-hydrogen) atoms. The molecule has 3 nitrogen and oxygen atoms in total. The lowest BCUT2D eigenvalue weighted by Crippen LogP contribution is -2.01. The molecule has 96 valence electrons. The SMILES string of the molecule is NCC#Cc1ccc(OCCc2cccnc2)cc1. The van der Waals surface area contributed by atoms with Gasteiger partial charge in [-0.3, -0.25) is 4.98 Å². The number of aromatic nitrogens is 1. The lowest BCUT2D eigenvalue weighted by molar-refractivity contribution is 0.322. The molecule has 1 heterocycles. The lowest BCUT2D eigenvalue weighted by atomic mass is 10.2. The van der Waals surface area contributed by atoms with Crippen LogP contribution in [-0.2, 0) is 6.42 Å². The molecule has 0 saturated carbocycles. The van der Waals surface area contributed by atoms with E-state index in [0.717, 1.165) is 17.7 Å². The summed E-state index contributed by atoms with van der Waals surface area (Å²) in [7, 11) is 0. The molecule has 0 saturated heterocycles. The molecule has 0 aliphatic carbocycles. The molecule has 1 aromatic carbocycles. The summed E-state index contributed by atoms with van der Waals surface area (Å²) in [5.41, 5.74) is 7.45. The summed E-state index contributed by atoms with van der Waals surface area (Å²) < 4.78 is 5.67. The number of benzene rings is 1. The van der Waals surface area contributed by atoms with Crippen molar-refractivity contribution in [3.05, 3.63) is 59.9 Å². The van der Waals surface area contributed by atoms with E-state index in [9.17, 15) is 0 Å². The Morgan fingerprint density at radius 2 is 2.00 bits per heavy atom. The Labute approximate surface area is 113 Å². The highest BCUT2D eigenvalue weighted by atomic mass is 16.5. The number of nitrogens with two attached hydrogens (primary N) is 1. The Bertz CT molecular complexity index is 553. The van der Waals surface area contributed by atoms with Crippen LogP contribution >= 0.6 is 0 Å². The van der Waals surface area contributed by atoms with E-state index in [1.54, 1.807) is 6.20 Å². The largest absolute Gasteiger partial charge is 0.493 e. The first kappa shape index (κ1) is 13.1. The van der Waals surface area contributed by atoms with E-state index in [1.807, 2.05) is 42.6 Å². The molecule has 0 fully saturated rings. The van der Waals surface area contributed by atoms with Gasteiger partial charge in [-0.15, -0.1) is 0 Å². The van der Waals surface area contributed by atoms with Crippen LogP contribution in [0.15, 0.2) is 48.8 Å². The molecule has 0 aliphatic heterocycles. The average molecular weight is 252 g/mol. The maximum absolute atomic E-state index is 5.67. The normalized spacial score (nSPS) is 9.53. The predicted molar refractivity (Wildman–Crippen MR) is 75.8 cm³/mol. The predicted octanol–water partition coefficient (Wildman–Crippen LogP) is 2.01. The van der Waals surface area contributed by atoms with Gasteiger partial charge in [0.25, 0.3) is 0 Å². The third kappa shape index (κ3) is 4.46. The quantitative estimate of drug-likeness (QED) is 0.847. The first-order valence-electron chi connectivity index (χ1n) is 6.19. The molecule has 0 bridgehead atoms. The smallest absolute Gasteiger partial charge is 0.119 e. The van der Waals surface area contributed by atoms with Gasteiger partial charge in [0.15, 0.2) is 0 Å². The van der Waals surface area contributed by atoms with Crippen LogP contribution in [0.1, 0.15) is 11.1 Å². The zero-order valence-corrected chi connectivity index (χ0v) is 10.7. The highest BCUT2D eigenvalue weighted by Crippen LogP contribution is 2.12. The van der Waals surface area contributed by atoms with Crippen LogP contribution in [0, 0.1) is 11.8 Å². The van der Waals surface area contributed by atoms with Crippen molar-refractivity contribution in [2.24, 2.45) is 5.73 Å². The second kappa shape index (κ2) is 7.20. The van der Waals surface area contributed by atoms with Gasteiger partial charge in [-0.25, -0.2) is 0 Å². The summed E-state index contributed by atoms with van der Waals surface area (Å²) in [5, 5.41) is 0. The second-order valence-electron chi connectivity index (χ2n) is 3.99. The minimum absolute atomic E-state index is 0.378. The van der Waals surface area contributed by atoms with Crippen molar-refractivity contribution in [3.8, 4) is 17.6 Å². The summed E-state index contributed by atoms with van der Waals surface area (Å²) >= 11 is 0. The van der Waals surface area contributed by atoms with Crippen molar-refractivity contribution in [2.45, 2.75) is 6.42 Å². The van der Waals surface area contributed by atoms with E-state index in [1.165, 1.54) is 5.56 Å². The summed E-state index contributed by atoms with van der Waals surface area (Å²) in [4.78, 5) is 4.07. The number of nitrogens with zero attached hydrogens (tertiary/aromatic N) is 1. The van der Waals surface area contributed by atoms with Crippen LogP contribution < -0.4 is 10.5 Å². The van der Waals surface area contributed by atoms with Gasteiger partial charge in [-0.05, 0) is 35.9 Å². The zero-order valence-electron chi connectivity index (χ0n) is 10.7. The molecule has 0 atom stereocenters. The van der Waals surface area contributed by atoms with E-state index in [4.69, 9.17) is 10.5 Å². The Balaban J connectivity index is 1.83. The maximum Gasteiger partial charge on any atom is 0.119 e. The Hall–Kier alpha value is -2.31. The molecule has 1 aromatic heterocycles. The van der Waals surface area contributed by atoms with Gasteiger partial charge in [0, 0.05) is 24.4 Å². The monoisotopic (exact) mass is 252 g/mol. The molecule has 0 amide bonds. The van der Waals surface area contributed by atoms with Crippen LogP contribution in [0.4, 0.5) is 0 Å². The maximum atomic E-state index is 5.67. The summed E-state index contributed by atoms with van der Waals surface area (Å²) in [6.07, 6.45) is 4.48. The fourth-order valence-electron chi connectivity index (χ4n) is 1.62. The van der Waals surface area contributed by atoms with Crippen molar-refractivity contribution in [2.75, 3.05) is 13.2 Å². The van der Waals surface area contributed by atoms with Gasteiger partial charge in [0.05, 0.1) is 13.2 Å². The molecule has 2 N–H and O–H groups in total. The topological polar surface area (TPSA) is 48.1 Å². The second-order valence-corrected chi connectivity index (χ2v) is 3.99. The first-order chi connectivity index (χ1) is 9.38. The number of pyridine rings is 1. The van der Waals surface area contributed by atoms with E-state index in [2.05, 4.69) is 16.8 Å². The van der Waals surface area contributed by atoms with Crippen LogP contribution in [0.2, 0.25) is 0 Å². The molecule has 3 heteroatoms. The van der Waals surface area contributed by atoms with E-state index in [0.29, 0.717) is 13.2 Å². The van der Waals surface area contributed by atoms with Crippen molar-refractivity contribution in [1.82, 2.24) is 4.98 Å². The molecule has 0 spiro atoms. The van der Waals surface area contributed by atoms with Gasteiger partial charge < -0.3 is 10.5 Å². The molecular weight excluding hydrogens is 236 g/mol. The van der Waals surface area contributed by atoms with Gasteiger partial charge in [0.1, 0.15) is 5.75 Å². The number of ether oxygens (including phenoxy) is 1. The van der Waals surface area contributed by atoms with E-state index < -0.39 is 0 Å². The summed E-state index contributed by atoms with van der Waals surface area (Å²) in [6.45, 7) is 1.02. The zero-order chi connectivity index (χ0) is 13.3. The van der Waals surface area contributed by atoms with Crippen LogP contribution in [-0.4, -0.2) is 18.1 Å². The molecular formula is C16H16N2O. The number of hydrogen-bond acceptors (Lipinski definition) is 3. The Morgan fingerprint density at radius 3 is 2.68 bits per heavy atom. The lowest BCUT2D eigenvalue weighted by Gasteiger charge is -2.05. The number of rotatable bonds is 4. The molecule has 0 unspecified atom stereocenters. The minimum Gasteiger partial charge on any atom is -0.493 e. The van der Waals surface area contributed by atoms with Crippen LogP contribution in [0.5, 0.6) is 5.75 Å². The van der Waals surface area contributed by atoms with E-state index >= 15 is 0 Å². The first-order valence-corrected chi connectivity index (χ1v) is 6.19. The van der Waals surface area contributed by atoms with Gasteiger partial charge in [0.2, 0.25) is 0 Å². The van der Waals surface area contributed by atoms with Crippen LogP contribution in [0.25, 0.3) is 0 Å². The molecule has 0 radical (unpaired) electrons. The van der Waals surface area contributed by atoms with Crippen molar-refractivity contribution >= 4 is 0 Å². The highest BCUT2D eigenvalue weighted by Gasteiger charge is 1.95. The third-order valence-electron chi connectivity index (χ3n) is 2.57. The van der Waals surface area contributed by atoms with Crippen LogP contribution in [0.3, 0.4) is 0 Å². The Kier molecular flexibility index (Phi) is 4.97. The standard InChI is InChI=1S/C16H16N2O/c17-10-1-3-14-5-7-16(8-6-14)19-12-9-15-4-2-11-18-13-15/h2,4-8,11,13H,9-10,12,17H2. The highest BCUT2D eigenvalue weighted by molar-refractivity contribution is 5.38. The fraction of sp³-hybridized carbons (Fsp3) is 0.188. The summed E-state index contributed by atoms with van der Waals surface area (Å²) in [5.74, 6) is 6.64. The fourth-order valence-corrected chi connectivity index (χ4v) is 1.62. The molecule has 2 aromatic rings. The van der Waals surface area contributed by atoms with Gasteiger partial charge in [-0.2, -0.15) is 0 Å². The summed E-state index contributed by atoms with van der Waals surface area (Å²) in [6, 6.07) is 11.7. The number of hydrogen-bond donors (Lipinski definition) is 1. The molecule has 0 aliphatic rings. The van der Waals surface area contributed by atoms with Gasteiger partial charge in [-0.1, -0.05) is 17.9 Å². The molecule has 2 rings (SSSR count). The minimum atomic E-state index is 0.378. The van der Waals surface area contributed by atoms with Gasteiger partial charge >= 0.3 is 0 Å². The Morgan fingerprint density at radius 1 is 1.16 bits per heavy atom. The van der Waals surface area contributed by atoms with Crippen molar-refractivity contribution in [1.29, 1.82) is 0 Å². The average Bonchev–Trinajstić information content (AvgIpc) is 2.47. The van der Waals surface area contributed by atoms with Crippen molar-refractivity contribution in [3.63, 3.8) is 0 Å². The third-order valence-corrected chi connectivity index (χ3v) is 2.57.